The third kappa shape index (κ3) is 1.74. The highest BCUT2D eigenvalue weighted by Crippen LogP contribution is 2.24. The first-order chi connectivity index (χ1) is 8.63. The molecule has 2 N–H and O–H groups in total. The van der Waals surface area contributed by atoms with Crippen LogP contribution in [0.2, 0.25) is 0 Å². The van der Waals surface area contributed by atoms with Gasteiger partial charge in [-0.3, -0.25) is 0 Å². The quantitative estimate of drug-likeness (QED) is 0.706. The lowest BCUT2D eigenvalue weighted by Gasteiger charge is -2.03. The monoisotopic (exact) mass is 237 g/mol. The lowest BCUT2D eigenvalue weighted by molar-refractivity contribution is 1.19. The summed E-state index contributed by atoms with van der Waals surface area (Å²) < 4.78 is 1.96. The van der Waals surface area contributed by atoms with Gasteiger partial charge in [-0.2, -0.15) is 0 Å². The molecular weight excluding hydrogens is 222 g/mol. The van der Waals surface area contributed by atoms with E-state index < -0.39 is 0 Å². The number of pyridine rings is 1. The topological polar surface area (TPSA) is 43.3 Å². The van der Waals surface area contributed by atoms with Gasteiger partial charge in [0.15, 0.2) is 0 Å². The maximum absolute atomic E-state index is 5.78. The second-order valence-electron chi connectivity index (χ2n) is 4.67. The number of aromatic nitrogens is 2. The van der Waals surface area contributed by atoms with Crippen molar-refractivity contribution >= 4 is 11.3 Å². The molecule has 0 atom stereocenters. The summed E-state index contributed by atoms with van der Waals surface area (Å²) >= 11 is 0. The van der Waals surface area contributed by atoms with Crippen LogP contribution in [0.5, 0.6) is 0 Å². The van der Waals surface area contributed by atoms with E-state index in [0.717, 1.165) is 17.0 Å². The van der Waals surface area contributed by atoms with Crippen molar-refractivity contribution in [2.45, 2.75) is 13.8 Å². The van der Waals surface area contributed by atoms with Crippen molar-refractivity contribution in [1.29, 1.82) is 0 Å². The van der Waals surface area contributed by atoms with E-state index in [4.69, 9.17) is 5.73 Å². The number of aryl methyl sites for hydroxylation is 2. The van der Waals surface area contributed by atoms with E-state index >= 15 is 0 Å². The van der Waals surface area contributed by atoms with Gasteiger partial charge in [-0.25, -0.2) is 4.98 Å². The molecule has 0 aliphatic carbocycles. The Balaban J connectivity index is 2.22. The highest BCUT2D eigenvalue weighted by Gasteiger charge is 2.07. The first-order valence-corrected chi connectivity index (χ1v) is 5.95. The van der Waals surface area contributed by atoms with E-state index in [9.17, 15) is 0 Å². The van der Waals surface area contributed by atoms with Gasteiger partial charge in [-0.15, -0.1) is 0 Å². The largest absolute Gasteiger partial charge is 0.398 e. The van der Waals surface area contributed by atoms with Gasteiger partial charge in [0, 0.05) is 23.6 Å². The summed E-state index contributed by atoms with van der Waals surface area (Å²) in [5.74, 6) is 0. The van der Waals surface area contributed by atoms with Gasteiger partial charge < -0.3 is 10.1 Å². The third-order valence-corrected chi connectivity index (χ3v) is 3.14. The Morgan fingerprint density at radius 3 is 2.72 bits per heavy atom. The van der Waals surface area contributed by atoms with Gasteiger partial charge in [-0.05, 0) is 37.6 Å². The van der Waals surface area contributed by atoms with Gasteiger partial charge in [0.05, 0.1) is 5.69 Å². The summed E-state index contributed by atoms with van der Waals surface area (Å²) in [7, 11) is 0. The number of nitrogen functional groups attached to an aromatic ring is 1. The van der Waals surface area contributed by atoms with Crippen LogP contribution in [0.25, 0.3) is 16.9 Å². The van der Waals surface area contributed by atoms with Crippen molar-refractivity contribution in [3.8, 4) is 11.3 Å². The molecule has 3 rings (SSSR count). The zero-order valence-corrected chi connectivity index (χ0v) is 10.5. The number of nitrogens with two attached hydrogens (primary N) is 1. The average molecular weight is 237 g/mol. The highest BCUT2D eigenvalue weighted by molar-refractivity contribution is 5.67. The Kier molecular flexibility index (Phi) is 2.33. The number of rotatable bonds is 1. The molecule has 0 fully saturated rings. The fraction of sp³-hybridized carbons (Fsp3) is 0.133. The van der Waals surface area contributed by atoms with Crippen molar-refractivity contribution in [2.24, 2.45) is 0 Å². The van der Waals surface area contributed by atoms with Gasteiger partial charge in [0.2, 0.25) is 0 Å². The fourth-order valence-electron chi connectivity index (χ4n) is 2.15. The average Bonchev–Trinajstić information content (AvgIpc) is 2.74. The number of anilines is 1. The number of fused-ring (bicyclic) bond motifs is 1. The van der Waals surface area contributed by atoms with Crippen LogP contribution in [0.4, 0.5) is 5.69 Å². The molecular formula is C15H15N3. The predicted octanol–water partition coefficient (Wildman–Crippen LogP) is 3.20. The van der Waals surface area contributed by atoms with E-state index in [2.05, 4.69) is 37.0 Å². The third-order valence-electron chi connectivity index (χ3n) is 3.14. The van der Waals surface area contributed by atoms with Crippen molar-refractivity contribution in [3.63, 3.8) is 0 Å². The Hall–Kier alpha value is -2.29. The Morgan fingerprint density at radius 2 is 1.89 bits per heavy atom. The lowest BCUT2D eigenvalue weighted by atomic mass is 10.0. The van der Waals surface area contributed by atoms with Crippen LogP contribution < -0.4 is 5.73 Å². The molecule has 0 aliphatic rings. The summed E-state index contributed by atoms with van der Waals surface area (Å²) in [6.45, 7) is 4.20. The SMILES string of the molecule is Cc1ccc(C)c(-c2cn3cc(N)ccc3n2)c1. The van der Waals surface area contributed by atoms with Crippen LogP contribution in [-0.2, 0) is 0 Å². The maximum atomic E-state index is 5.78. The molecule has 0 saturated heterocycles. The first kappa shape index (κ1) is 10.8. The van der Waals surface area contributed by atoms with Gasteiger partial charge in [-0.1, -0.05) is 17.7 Å². The molecule has 0 aliphatic heterocycles. The summed E-state index contributed by atoms with van der Waals surface area (Å²) in [6, 6.07) is 10.2. The number of benzene rings is 1. The normalized spacial score (nSPS) is 11.0. The predicted molar refractivity (Wildman–Crippen MR) is 74.5 cm³/mol. The summed E-state index contributed by atoms with van der Waals surface area (Å²) in [5, 5.41) is 0. The van der Waals surface area contributed by atoms with E-state index in [1.807, 2.05) is 28.9 Å². The summed E-state index contributed by atoms with van der Waals surface area (Å²) in [5.41, 5.74) is 12.1. The summed E-state index contributed by atoms with van der Waals surface area (Å²) in [6.07, 6.45) is 3.91. The molecule has 0 unspecified atom stereocenters. The molecule has 90 valence electrons. The van der Waals surface area contributed by atoms with E-state index in [-0.39, 0.29) is 0 Å². The molecule has 3 heteroatoms. The van der Waals surface area contributed by atoms with Gasteiger partial charge in [0.25, 0.3) is 0 Å². The fourth-order valence-corrected chi connectivity index (χ4v) is 2.15. The maximum Gasteiger partial charge on any atom is 0.137 e. The second kappa shape index (κ2) is 3.88. The van der Waals surface area contributed by atoms with E-state index in [1.54, 1.807) is 0 Å². The molecule has 0 amide bonds. The van der Waals surface area contributed by atoms with Crippen molar-refractivity contribution < 1.29 is 0 Å². The second-order valence-corrected chi connectivity index (χ2v) is 4.67. The van der Waals surface area contributed by atoms with Crippen LogP contribution in [0, 0.1) is 13.8 Å². The number of nitrogens with zero attached hydrogens (tertiary/aromatic N) is 2. The molecule has 3 aromatic rings. The van der Waals surface area contributed by atoms with Gasteiger partial charge in [0.1, 0.15) is 5.65 Å². The number of hydrogen-bond donors (Lipinski definition) is 1. The Bertz CT molecular complexity index is 726. The summed E-state index contributed by atoms with van der Waals surface area (Å²) in [4.78, 5) is 4.63. The van der Waals surface area contributed by atoms with Crippen molar-refractivity contribution in [1.82, 2.24) is 9.38 Å². The first-order valence-electron chi connectivity index (χ1n) is 5.95. The van der Waals surface area contributed by atoms with Crippen LogP contribution in [0.1, 0.15) is 11.1 Å². The molecule has 1 aromatic carbocycles. The zero-order chi connectivity index (χ0) is 12.7. The molecule has 2 aromatic heterocycles. The minimum atomic E-state index is 0.743. The molecule has 0 saturated carbocycles. The van der Waals surface area contributed by atoms with E-state index in [1.165, 1.54) is 16.7 Å². The van der Waals surface area contributed by atoms with Gasteiger partial charge >= 0.3 is 0 Å². The molecule has 0 spiro atoms. The molecule has 0 radical (unpaired) electrons. The Labute approximate surface area is 106 Å². The number of hydrogen-bond acceptors (Lipinski definition) is 2. The smallest absolute Gasteiger partial charge is 0.137 e. The minimum absolute atomic E-state index is 0.743. The van der Waals surface area contributed by atoms with Crippen LogP contribution in [0.15, 0.2) is 42.7 Å². The van der Waals surface area contributed by atoms with Crippen LogP contribution in [-0.4, -0.2) is 9.38 Å². The molecule has 0 bridgehead atoms. The lowest BCUT2D eigenvalue weighted by Crippen LogP contribution is -1.88. The van der Waals surface area contributed by atoms with Crippen LogP contribution in [0.3, 0.4) is 0 Å². The van der Waals surface area contributed by atoms with E-state index in [0.29, 0.717) is 0 Å². The Morgan fingerprint density at radius 1 is 1.06 bits per heavy atom. The number of imidazole rings is 1. The highest BCUT2D eigenvalue weighted by atomic mass is 15.0. The van der Waals surface area contributed by atoms with Crippen LogP contribution >= 0.6 is 0 Å². The standard InChI is InChI=1S/C15H15N3/c1-10-3-4-11(2)13(7-10)14-9-18-8-12(16)5-6-15(18)17-14/h3-9H,16H2,1-2H3. The van der Waals surface area contributed by atoms with Crippen molar-refractivity contribution in [3.05, 3.63) is 53.9 Å². The van der Waals surface area contributed by atoms with Crippen molar-refractivity contribution in [2.75, 3.05) is 5.73 Å². The molecule has 3 nitrogen and oxygen atoms in total. The zero-order valence-electron chi connectivity index (χ0n) is 10.5. The molecule has 2 heterocycles. The minimum Gasteiger partial charge on any atom is -0.398 e. The molecule has 18 heavy (non-hydrogen) atoms.